The minimum absolute atomic E-state index is 0.0419. The van der Waals surface area contributed by atoms with E-state index in [0.717, 1.165) is 24.0 Å². The standard InChI is InChI=1S/C14H18N4O2S/c1-10(2)12-15-14(21-16-12)18-7-5-17(6-8-18)13(19)11-4-3-9-20-11/h3-4,9-10H,5-8H2,1-2H3. The first-order valence-corrected chi connectivity index (χ1v) is 7.84. The van der Waals surface area contributed by atoms with Gasteiger partial charge in [0.2, 0.25) is 5.13 Å². The van der Waals surface area contributed by atoms with Crippen molar-refractivity contribution in [1.82, 2.24) is 14.3 Å². The number of amides is 1. The Labute approximate surface area is 127 Å². The number of furan rings is 1. The van der Waals surface area contributed by atoms with Crippen LogP contribution in [0.3, 0.4) is 0 Å². The molecule has 0 unspecified atom stereocenters. The number of anilines is 1. The molecule has 2 aromatic heterocycles. The zero-order chi connectivity index (χ0) is 14.8. The van der Waals surface area contributed by atoms with Gasteiger partial charge >= 0.3 is 0 Å². The van der Waals surface area contributed by atoms with E-state index in [1.807, 2.05) is 4.90 Å². The number of piperazine rings is 1. The summed E-state index contributed by atoms with van der Waals surface area (Å²) in [6.07, 6.45) is 1.53. The maximum absolute atomic E-state index is 12.2. The summed E-state index contributed by atoms with van der Waals surface area (Å²) in [6, 6.07) is 3.44. The fourth-order valence-electron chi connectivity index (χ4n) is 2.25. The SMILES string of the molecule is CC(C)c1nsc(N2CCN(C(=O)c3ccco3)CC2)n1. The van der Waals surface area contributed by atoms with Crippen LogP contribution >= 0.6 is 11.5 Å². The Morgan fingerprint density at radius 2 is 2.10 bits per heavy atom. The Bertz CT molecular complexity index is 600. The molecule has 0 atom stereocenters. The molecule has 0 saturated carbocycles. The molecule has 1 saturated heterocycles. The molecule has 0 N–H and O–H groups in total. The number of rotatable bonds is 3. The minimum atomic E-state index is -0.0419. The fourth-order valence-corrected chi connectivity index (χ4v) is 3.11. The van der Waals surface area contributed by atoms with Crippen molar-refractivity contribution in [1.29, 1.82) is 0 Å². The van der Waals surface area contributed by atoms with Gasteiger partial charge in [-0.2, -0.15) is 4.37 Å². The van der Waals surface area contributed by atoms with E-state index in [-0.39, 0.29) is 5.91 Å². The molecule has 3 rings (SSSR count). The van der Waals surface area contributed by atoms with Crippen molar-refractivity contribution in [2.75, 3.05) is 31.1 Å². The lowest BCUT2D eigenvalue weighted by atomic mass is 10.2. The molecule has 7 heteroatoms. The van der Waals surface area contributed by atoms with Gasteiger partial charge < -0.3 is 14.2 Å². The second-order valence-electron chi connectivity index (χ2n) is 5.35. The third-order valence-corrected chi connectivity index (χ3v) is 4.31. The zero-order valence-corrected chi connectivity index (χ0v) is 13.0. The van der Waals surface area contributed by atoms with Crippen LogP contribution in [-0.2, 0) is 0 Å². The fraction of sp³-hybridized carbons (Fsp3) is 0.500. The topological polar surface area (TPSA) is 62.5 Å². The molecule has 0 spiro atoms. The Hall–Kier alpha value is -1.89. The van der Waals surface area contributed by atoms with E-state index in [1.54, 1.807) is 12.1 Å². The number of hydrogen-bond acceptors (Lipinski definition) is 6. The van der Waals surface area contributed by atoms with Gasteiger partial charge in [-0.25, -0.2) is 4.98 Å². The van der Waals surface area contributed by atoms with Crippen LogP contribution in [-0.4, -0.2) is 46.3 Å². The summed E-state index contributed by atoms with van der Waals surface area (Å²) in [5.74, 6) is 1.60. The highest BCUT2D eigenvalue weighted by Crippen LogP contribution is 2.22. The quantitative estimate of drug-likeness (QED) is 0.870. The normalized spacial score (nSPS) is 15.8. The van der Waals surface area contributed by atoms with Gasteiger partial charge in [0.05, 0.1) is 6.26 Å². The smallest absolute Gasteiger partial charge is 0.289 e. The van der Waals surface area contributed by atoms with E-state index in [2.05, 4.69) is 28.1 Å². The molecule has 112 valence electrons. The lowest BCUT2D eigenvalue weighted by molar-refractivity contribution is 0.0714. The van der Waals surface area contributed by atoms with Gasteiger partial charge in [0.15, 0.2) is 5.76 Å². The lowest BCUT2D eigenvalue weighted by Gasteiger charge is -2.33. The summed E-state index contributed by atoms with van der Waals surface area (Å²) in [5, 5.41) is 0.948. The molecule has 21 heavy (non-hydrogen) atoms. The summed E-state index contributed by atoms with van der Waals surface area (Å²) in [4.78, 5) is 20.8. The maximum atomic E-state index is 12.2. The van der Waals surface area contributed by atoms with Crippen molar-refractivity contribution >= 4 is 22.6 Å². The molecule has 1 aliphatic heterocycles. The van der Waals surface area contributed by atoms with Crippen molar-refractivity contribution in [3.05, 3.63) is 30.0 Å². The van der Waals surface area contributed by atoms with Crippen molar-refractivity contribution in [2.24, 2.45) is 0 Å². The van der Waals surface area contributed by atoms with Crippen LogP contribution in [0.5, 0.6) is 0 Å². The van der Waals surface area contributed by atoms with Gasteiger partial charge in [-0.1, -0.05) is 13.8 Å². The van der Waals surface area contributed by atoms with E-state index >= 15 is 0 Å². The monoisotopic (exact) mass is 306 g/mol. The van der Waals surface area contributed by atoms with Crippen LogP contribution in [0.4, 0.5) is 5.13 Å². The van der Waals surface area contributed by atoms with Gasteiger partial charge in [-0.05, 0) is 12.1 Å². The first kappa shape index (κ1) is 14.1. The molecule has 1 fully saturated rings. The summed E-state index contributed by atoms with van der Waals surface area (Å²) < 4.78 is 9.54. The van der Waals surface area contributed by atoms with Gasteiger partial charge in [-0.3, -0.25) is 4.79 Å². The summed E-state index contributed by atoms with van der Waals surface area (Å²) in [6.45, 7) is 7.09. The van der Waals surface area contributed by atoms with Gasteiger partial charge in [0.25, 0.3) is 5.91 Å². The first-order valence-electron chi connectivity index (χ1n) is 7.06. The third kappa shape index (κ3) is 2.92. The minimum Gasteiger partial charge on any atom is -0.459 e. The number of carbonyl (C=O) groups is 1. The van der Waals surface area contributed by atoms with E-state index in [4.69, 9.17) is 4.42 Å². The van der Waals surface area contributed by atoms with Crippen LogP contribution in [0.25, 0.3) is 0 Å². The highest BCUT2D eigenvalue weighted by molar-refractivity contribution is 7.09. The lowest BCUT2D eigenvalue weighted by Crippen LogP contribution is -2.48. The number of nitrogens with zero attached hydrogens (tertiary/aromatic N) is 4. The van der Waals surface area contributed by atoms with E-state index in [0.29, 0.717) is 24.8 Å². The largest absolute Gasteiger partial charge is 0.459 e. The number of hydrogen-bond donors (Lipinski definition) is 0. The van der Waals surface area contributed by atoms with Crippen LogP contribution in [0.1, 0.15) is 36.1 Å². The first-order chi connectivity index (χ1) is 10.1. The van der Waals surface area contributed by atoms with Crippen molar-refractivity contribution in [2.45, 2.75) is 19.8 Å². The highest BCUT2D eigenvalue weighted by atomic mass is 32.1. The highest BCUT2D eigenvalue weighted by Gasteiger charge is 2.25. The Morgan fingerprint density at radius 1 is 1.33 bits per heavy atom. The van der Waals surface area contributed by atoms with Gasteiger partial charge in [0.1, 0.15) is 5.82 Å². The van der Waals surface area contributed by atoms with Crippen molar-refractivity contribution in [3.8, 4) is 0 Å². The zero-order valence-electron chi connectivity index (χ0n) is 12.2. The summed E-state index contributed by atoms with van der Waals surface area (Å²) in [5.41, 5.74) is 0. The van der Waals surface area contributed by atoms with Crippen molar-refractivity contribution in [3.63, 3.8) is 0 Å². The predicted octanol–water partition coefficient (Wildman–Crippen LogP) is 2.22. The molecule has 1 amide bonds. The summed E-state index contributed by atoms with van der Waals surface area (Å²) >= 11 is 1.43. The van der Waals surface area contributed by atoms with E-state index < -0.39 is 0 Å². The average molecular weight is 306 g/mol. The third-order valence-electron chi connectivity index (χ3n) is 3.52. The van der Waals surface area contributed by atoms with Crippen molar-refractivity contribution < 1.29 is 9.21 Å². The maximum Gasteiger partial charge on any atom is 0.289 e. The van der Waals surface area contributed by atoms with Crippen LogP contribution < -0.4 is 4.90 Å². The second-order valence-corrected chi connectivity index (χ2v) is 6.08. The molecule has 2 aromatic rings. The molecular weight excluding hydrogens is 288 g/mol. The van der Waals surface area contributed by atoms with Crippen LogP contribution in [0.15, 0.2) is 22.8 Å². The Morgan fingerprint density at radius 3 is 2.67 bits per heavy atom. The van der Waals surface area contributed by atoms with E-state index in [9.17, 15) is 4.79 Å². The van der Waals surface area contributed by atoms with Gasteiger partial charge in [0, 0.05) is 43.6 Å². The molecule has 0 bridgehead atoms. The molecule has 3 heterocycles. The second kappa shape index (κ2) is 5.85. The number of carbonyl (C=O) groups excluding carboxylic acids is 1. The van der Waals surface area contributed by atoms with Gasteiger partial charge in [-0.15, -0.1) is 0 Å². The molecule has 0 radical (unpaired) electrons. The Kier molecular flexibility index (Phi) is 3.92. The molecule has 6 nitrogen and oxygen atoms in total. The average Bonchev–Trinajstić information content (AvgIpc) is 3.18. The molecule has 1 aliphatic rings. The summed E-state index contributed by atoms with van der Waals surface area (Å²) in [7, 11) is 0. The Balaban J connectivity index is 1.61. The molecule has 0 aromatic carbocycles. The number of aromatic nitrogens is 2. The van der Waals surface area contributed by atoms with E-state index in [1.165, 1.54) is 17.8 Å². The molecular formula is C14H18N4O2S. The van der Waals surface area contributed by atoms with Crippen LogP contribution in [0.2, 0.25) is 0 Å². The van der Waals surface area contributed by atoms with Crippen LogP contribution in [0, 0.1) is 0 Å². The molecule has 0 aliphatic carbocycles. The predicted molar refractivity (Wildman–Crippen MR) is 80.8 cm³/mol.